The summed E-state index contributed by atoms with van der Waals surface area (Å²) in [4.78, 5) is 47.9. The number of benzene rings is 2. The molecule has 0 aromatic heterocycles. The summed E-state index contributed by atoms with van der Waals surface area (Å²) in [6, 6.07) is 7.64. The molecule has 3 atom stereocenters. The summed E-state index contributed by atoms with van der Waals surface area (Å²) in [7, 11) is -0.813. The fourth-order valence-corrected chi connectivity index (χ4v) is 10.7. The Morgan fingerprint density at radius 2 is 1.53 bits per heavy atom. The second-order valence-corrected chi connectivity index (χ2v) is 24.3. The molecule has 58 heavy (non-hydrogen) atoms. The first-order valence-electron chi connectivity index (χ1n) is 21.6. The molecular weight excluding hydrogens is 751 g/mol. The standard InChI is InChI=1S/C46H63N3O8Si/c1-9-19-56-43(52)49-35-25-37(30(2)22-34(35)41(51)48-29-46(17-18-46)27-36(48)42(49)57-58(7,8)44(3,4)5)54-20-11-10-12-21-55-39-23-31-13-14-32-26-45(15-16-45)28-47(32)40(50)33(31)24-38(39)53-6/h9,22-25,32,36,42H,1,10-21,26-29H2,2-8H3/t32-,36+,42?/m1/s1. The van der Waals surface area contributed by atoms with Gasteiger partial charge in [0, 0.05) is 30.8 Å². The van der Waals surface area contributed by atoms with Crippen LogP contribution in [0.4, 0.5) is 10.5 Å². The van der Waals surface area contributed by atoms with Gasteiger partial charge < -0.3 is 33.2 Å². The number of amides is 3. The third-order valence-corrected chi connectivity index (χ3v) is 18.8. The van der Waals surface area contributed by atoms with Crippen molar-refractivity contribution < 1.29 is 37.8 Å². The van der Waals surface area contributed by atoms with E-state index in [1.54, 1.807) is 18.1 Å². The summed E-state index contributed by atoms with van der Waals surface area (Å²) in [5.74, 6) is 1.95. The van der Waals surface area contributed by atoms with Crippen molar-refractivity contribution in [3.63, 3.8) is 0 Å². The van der Waals surface area contributed by atoms with Crippen molar-refractivity contribution in [2.24, 2.45) is 10.8 Å². The van der Waals surface area contributed by atoms with Crippen molar-refractivity contribution in [1.82, 2.24) is 9.80 Å². The highest BCUT2D eigenvalue weighted by atomic mass is 28.4. The predicted molar refractivity (Wildman–Crippen MR) is 226 cm³/mol. The van der Waals surface area contributed by atoms with Gasteiger partial charge in [0.05, 0.1) is 37.6 Å². The molecule has 4 heterocycles. The Morgan fingerprint density at radius 3 is 2.19 bits per heavy atom. The van der Waals surface area contributed by atoms with Gasteiger partial charge in [-0.05, 0) is 136 Å². The lowest BCUT2D eigenvalue weighted by atomic mass is 9.97. The van der Waals surface area contributed by atoms with Gasteiger partial charge >= 0.3 is 6.09 Å². The molecule has 0 N–H and O–H groups in total. The van der Waals surface area contributed by atoms with Crippen molar-refractivity contribution >= 4 is 31.9 Å². The highest BCUT2D eigenvalue weighted by molar-refractivity contribution is 6.74. The molecule has 2 aromatic rings. The zero-order valence-corrected chi connectivity index (χ0v) is 36.7. The molecule has 2 spiro atoms. The fourth-order valence-electron chi connectivity index (χ4n) is 9.49. The maximum absolute atomic E-state index is 14.5. The molecule has 2 saturated carbocycles. The lowest BCUT2D eigenvalue weighted by Crippen LogP contribution is -2.58. The van der Waals surface area contributed by atoms with E-state index in [1.807, 2.05) is 36.1 Å². The Morgan fingerprint density at radius 1 is 0.879 bits per heavy atom. The number of carbonyl (C=O) groups excluding carboxylic acids is 3. The van der Waals surface area contributed by atoms with Crippen LogP contribution in [0.3, 0.4) is 0 Å². The summed E-state index contributed by atoms with van der Waals surface area (Å²) < 4.78 is 31.3. The van der Waals surface area contributed by atoms with E-state index in [2.05, 4.69) is 45.3 Å². The second kappa shape index (κ2) is 15.2. The van der Waals surface area contributed by atoms with Gasteiger partial charge in [-0.3, -0.25) is 9.59 Å². The van der Waals surface area contributed by atoms with Gasteiger partial charge in [0.25, 0.3) is 11.8 Å². The minimum Gasteiger partial charge on any atom is -0.493 e. The molecule has 0 radical (unpaired) electrons. The number of anilines is 1. The van der Waals surface area contributed by atoms with Crippen molar-refractivity contribution in [3.05, 3.63) is 59.2 Å². The van der Waals surface area contributed by atoms with Crippen molar-refractivity contribution in [1.29, 1.82) is 0 Å². The SMILES string of the molecule is C=CCOC(=O)N1c2cc(OCCCCCOc3cc4c(cc3OC)C(=O)N3CC5(CC5)C[C@H]3CC4)c(C)cc2C(=O)N2CC3(CC3)C[C@H]2C1O[Si](C)(C)C(C)(C)C. The average molecular weight is 814 g/mol. The number of unbranched alkanes of at least 4 members (excludes halogenated alkanes) is 2. The van der Waals surface area contributed by atoms with Gasteiger partial charge in [0.15, 0.2) is 26.0 Å². The van der Waals surface area contributed by atoms with Crippen LogP contribution in [0.1, 0.15) is 117 Å². The van der Waals surface area contributed by atoms with Crippen molar-refractivity contribution in [2.45, 2.75) is 135 Å². The highest BCUT2D eigenvalue weighted by Gasteiger charge is 2.60. The fraction of sp³-hybridized carbons (Fsp3) is 0.630. The lowest BCUT2D eigenvalue weighted by molar-refractivity contribution is 0.0528. The van der Waals surface area contributed by atoms with Crippen LogP contribution >= 0.6 is 0 Å². The Labute approximate surface area is 345 Å². The molecule has 8 rings (SSSR count). The van der Waals surface area contributed by atoms with Gasteiger partial charge in [0.1, 0.15) is 12.4 Å². The number of aryl methyl sites for hydroxylation is 2. The minimum absolute atomic E-state index is 0.0429. The Bertz CT molecular complexity index is 1970. The molecule has 2 aliphatic carbocycles. The van der Waals surface area contributed by atoms with Gasteiger partial charge in [0.2, 0.25) is 0 Å². The topological polar surface area (TPSA) is 107 Å². The molecule has 11 nitrogen and oxygen atoms in total. The third kappa shape index (κ3) is 7.64. The molecular formula is C46H63N3O8Si. The maximum Gasteiger partial charge on any atom is 0.416 e. The van der Waals surface area contributed by atoms with E-state index in [0.717, 1.165) is 81.0 Å². The van der Waals surface area contributed by atoms with Crippen LogP contribution < -0.4 is 19.1 Å². The normalized spacial score (nSPS) is 23.8. The third-order valence-electron chi connectivity index (χ3n) is 14.4. The molecule has 3 amide bonds. The van der Waals surface area contributed by atoms with Gasteiger partial charge in [-0.2, -0.15) is 0 Å². The number of ether oxygens (including phenoxy) is 4. The van der Waals surface area contributed by atoms with E-state index in [-0.39, 0.29) is 34.9 Å². The van der Waals surface area contributed by atoms with E-state index >= 15 is 0 Å². The number of hydrogen-bond acceptors (Lipinski definition) is 8. The number of carbonyl (C=O) groups is 3. The molecule has 314 valence electrons. The lowest BCUT2D eigenvalue weighted by Gasteiger charge is -2.44. The summed E-state index contributed by atoms with van der Waals surface area (Å²) in [6.07, 6.45) is 11.2. The number of methoxy groups -OCH3 is 1. The molecule has 0 bridgehead atoms. The molecule has 4 fully saturated rings. The van der Waals surface area contributed by atoms with E-state index in [4.69, 9.17) is 23.4 Å². The van der Waals surface area contributed by atoms with E-state index in [0.29, 0.717) is 59.7 Å². The Hall–Kier alpha value is -4.03. The number of fused-ring (bicyclic) bond motifs is 4. The van der Waals surface area contributed by atoms with Crippen LogP contribution in [0.15, 0.2) is 36.9 Å². The van der Waals surface area contributed by atoms with E-state index < -0.39 is 20.6 Å². The Balaban J connectivity index is 0.938. The first kappa shape index (κ1) is 40.7. The van der Waals surface area contributed by atoms with Gasteiger partial charge in [-0.1, -0.05) is 33.4 Å². The van der Waals surface area contributed by atoms with E-state index in [9.17, 15) is 14.4 Å². The molecule has 4 aliphatic heterocycles. The predicted octanol–water partition coefficient (Wildman–Crippen LogP) is 9.06. The van der Waals surface area contributed by atoms with Crippen LogP contribution in [-0.2, 0) is 15.6 Å². The summed E-state index contributed by atoms with van der Waals surface area (Å²) in [5, 5.41) is -0.125. The van der Waals surface area contributed by atoms with Crippen molar-refractivity contribution in [2.75, 3.05) is 44.9 Å². The van der Waals surface area contributed by atoms with Crippen LogP contribution in [0, 0.1) is 17.8 Å². The molecule has 1 unspecified atom stereocenters. The van der Waals surface area contributed by atoms with E-state index in [1.165, 1.54) is 12.8 Å². The number of hydrogen-bond donors (Lipinski definition) is 0. The van der Waals surface area contributed by atoms with Crippen LogP contribution in [-0.4, -0.2) is 94.4 Å². The first-order chi connectivity index (χ1) is 27.6. The smallest absolute Gasteiger partial charge is 0.416 e. The largest absolute Gasteiger partial charge is 0.493 e. The van der Waals surface area contributed by atoms with Crippen molar-refractivity contribution in [3.8, 4) is 17.2 Å². The summed E-state index contributed by atoms with van der Waals surface area (Å²) >= 11 is 0. The monoisotopic (exact) mass is 813 g/mol. The summed E-state index contributed by atoms with van der Waals surface area (Å²) in [5.41, 5.74) is 4.03. The molecule has 12 heteroatoms. The van der Waals surface area contributed by atoms with Gasteiger partial charge in [-0.15, -0.1) is 0 Å². The number of rotatable bonds is 13. The maximum atomic E-state index is 14.5. The molecule has 2 aromatic carbocycles. The zero-order valence-electron chi connectivity index (χ0n) is 35.7. The zero-order chi connectivity index (χ0) is 41.2. The highest BCUT2D eigenvalue weighted by Crippen LogP contribution is 2.58. The van der Waals surface area contributed by atoms with Gasteiger partial charge in [-0.25, -0.2) is 9.69 Å². The average Bonchev–Trinajstić information content (AvgIpc) is 4.06. The first-order valence-corrected chi connectivity index (χ1v) is 24.5. The number of nitrogens with zero attached hydrogens (tertiary/aromatic N) is 3. The quantitative estimate of drug-likeness (QED) is 0.112. The van der Waals surface area contributed by atoms with Crippen LogP contribution in [0.2, 0.25) is 18.1 Å². The Kier molecular flexibility index (Phi) is 10.7. The van der Waals surface area contributed by atoms with Crippen LogP contribution in [0.25, 0.3) is 0 Å². The molecule has 2 saturated heterocycles. The molecule has 6 aliphatic rings. The second-order valence-electron chi connectivity index (χ2n) is 19.6. The minimum atomic E-state index is -2.44. The van der Waals surface area contributed by atoms with Crippen LogP contribution in [0.5, 0.6) is 17.2 Å². The summed E-state index contributed by atoms with van der Waals surface area (Å²) in [6.45, 7) is 19.2.